The van der Waals surface area contributed by atoms with Crippen molar-refractivity contribution in [3.8, 4) is 11.4 Å². The Morgan fingerprint density at radius 1 is 1.00 bits per heavy atom. The Kier molecular flexibility index (Phi) is 4.14. The summed E-state index contributed by atoms with van der Waals surface area (Å²) in [6, 6.07) is 9.86. The van der Waals surface area contributed by atoms with Crippen LogP contribution in [0.25, 0.3) is 22.4 Å². The average Bonchev–Trinajstić information content (AvgIpc) is 2.74. The van der Waals surface area contributed by atoms with Gasteiger partial charge in [-0.3, -0.25) is 24.6 Å². The van der Waals surface area contributed by atoms with Crippen LogP contribution in [0.4, 0.5) is 0 Å². The van der Waals surface area contributed by atoms with Crippen LogP contribution in [0.15, 0.2) is 59.9 Å². The van der Waals surface area contributed by atoms with Gasteiger partial charge in [0.25, 0.3) is 5.56 Å². The maximum atomic E-state index is 12.5. The van der Waals surface area contributed by atoms with E-state index in [4.69, 9.17) is 4.98 Å². The molecule has 0 fully saturated rings. The van der Waals surface area contributed by atoms with Crippen LogP contribution in [0, 0.1) is 0 Å². The van der Waals surface area contributed by atoms with Gasteiger partial charge in [-0.15, -0.1) is 0 Å². The SMILES string of the molecule is O=c1[nH]c(-c2ccncc2)nc2c1CCN(Cc1ccc3nccnc3c1)C2. The Bertz CT molecular complexity index is 1200. The number of nitrogens with one attached hydrogen (secondary N) is 1. The van der Waals surface area contributed by atoms with Gasteiger partial charge < -0.3 is 4.98 Å². The first-order valence-electron chi connectivity index (χ1n) is 9.21. The van der Waals surface area contributed by atoms with E-state index in [1.807, 2.05) is 18.2 Å². The van der Waals surface area contributed by atoms with Crippen LogP contribution >= 0.6 is 0 Å². The molecule has 138 valence electrons. The zero-order valence-electron chi connectivity index (χ0n) is 15.2. The molecule has 1 aromatic carbocycles. The fourth-order valence-electron chi connectivity index (χ4n) is 3.64. The minimum atomic E-state index is -0.0440. The molecule has 4 aromatic rings. The number of aromatic amines is 1. The molecule has 7 heteroatoms. The summed E-state index contributed by atoms with van der Waals surface area (Å²) in [6.07, 6.45) is 7.50. The van der Waals surface area contributed by atoms with Crippen molar-refractivity contribution in [3.05, 3.63) is 82.3 Å². The van der Waals surface area contributed by atoms with Crippen molar-refractivity contribution in [2.45, 2.75) is 19.5 Å². The van der Waals surface area contributed by atoms with Crippen molar-refractivity contribution in [3.63, 3.8) is 0 Å². The van der Waals surface area contributed by atoms with Crippen molar-refractivity contribution in [1.82, 2.24) is 29.8 Å². The van der Waals surface area contributed by atoms with Crippen LogP contribution in [0.3, 0.4) is 0 Å². The highest BCUT2D eigenvalue weighted by Gasteiger charge is 2.21. The largest absolute Gasteiger partial charge is 0.306 e. The number of nitrogens with zero attached hydrogens (tertiary/aromatic N) is 5. The molecule has 1 N–H and O–H groups in total. The molecule has 0 saturated carbocycles. The molecular weight excluding hydrogens is 352 g/mol. The van der Waals surface area contributed by atoms with Gasteiger partial charge in [0.1, 0.15) is 5.82 Å². The molecule has 0 unspecified atom stereocenters. The molecule has 3 aromatic heterocycles. The third-order valence-corrected chi connectivity index (χ3v) is 5.05. The molecule has 1 aliphatic rings. The molecule has 0 atom stereocenters. The minimum Gasteiger partial charge on any atom is -0.306 e. The fraction of sp³-hybridized carbons (Fsp3) is 0.190. The molecule has 28 heavy (non-hydrogen) atoms. The lowest BCUT2D eigenvalue weighted by Gasteiger charge is -2.27. The molecule has 0 spiro atoms. The van der Waals surface area contributed by atoms with E-state index in [-0.39, 0.29) is 5.56 Å². The molecule has 0 aliphatic carbocycles. The second-order valence-corrected chi connectivity index (χ2v) is 6.92. The maximum Gasteiger partial charge on any atom is 0.254 e. The predicted molar refractivity (Wildman–Crippen MR) is 105 cm³/mol. The van der Waals surface area contributed by atoms with Gasteiger partial charge >= 0.3 is 0 Å². The van der Waals surface area contributed by atoms with E-state index in [1.165, 1.54) is 5.56 Å². The summed E-state index contributed by atoms with van der Waals surface area (Å²) in [5, 5.41) is 0. The Hall–Kier alpha value is -3.45. The lowest BCUT2D eigenvalue weighted by molar-refractivity contribution is 0.240. The molecule has 7 nitrogen and oxygen atoms in total. The molecule has 0 bridgehead atoms. The quantitative estimate of drug-likeness (QED) is 0.596. The van der Waals surface area contributed by atoms with Gasteiger partial charge in [-0.2, -0.15) is 0 Å². The number of H-pyrrole nitrogens is 1. The highest BCUT2D eigenvalue weighted by molar-refractivity contribution is 5.74. The van der Waals surface area contributed by atoms with Crippen molar-refractivity contribution in [1.29, 1.82) is 0 Å². The Balaban J connectivity index is 1.42. The third-order valence-electron chi connectivity index (χ3n) is 5.05. The van der Waals surface area contributed by atoms with Gasteiger partial charge in [0, 0.05) is 55.5 Å². The molecule has 0 amide bonds. The van der Waals surface area contributed by atoms with Crippen molar-refractivity contribution >= 4 is 11.0 Å². The molecule has 1 aliphatic heterocycles. The summed E-state index contributed by atoms with van der Waals surface area (Å²) in [5.41, 5.74) is 5.42. The van der Waals surface area contributed by atoms with Gasteiger partial charge in [0.05, 0.1) is 16.7 Å². The third kappa shape index (κ3) is 3.16. The highest BCUT2D eigenvalue weighted by Crippen LogP contribution is 2.20. The first-order chi connectivity index (χ1) is 13.8. The fourth-order valence-corrected chi connectivity index (χ4v) is 3.64. The summed E-state index contributed by atoms with van der Waals surface area (Å²) in [4.78, 5) is 35.2. The number of hydrogen-bond acceptors (Lipinski definition) is 6. The van der Waals surface area contributed by atoms with Crippen LogP contribution in [0.5, 0.6) is 0 Å². The monoisotopic (exact) mass is 370 g/mol. The van der Waals surface area contributed by atoms with Crippen LogP contribution in [-0.2, 0) is 19.5 Å². The Morgan fingerprint density at radius 2 is 1.82 bits per heavy atom. The van der Waals surface area contributed by atoms with E-state index in [2.05, 4.69) is 37.0 Å². The van der Waals surface area contributed by atoms with Crippen LogP contribution in [0.1, 0.15) is 16.8 Å². The molecule has 5 rings (SSSR count). The van der Waals surface area contributed by atoms with Gasteiger partial charge in [-0.1, -0.05) is 6.07 Å². The number of rotatable bonds is 3. The summed E-state index contributed by atoms with van der Waals surface area (Å²) in [6.45, 7) is 2.26. The first-order valence-corrected chi connectivity index (χ1v) is 9.21. The number of aromatic nitrogens is 5. The molecule has 0 radical (unpaired) electrons. The maximum absolute atomic E-state index is 12.5. The summed E-state index contributed by atoms with van der Waals surface area (Å²) in [7, 11) is 0. The van der Waals surface area contributed by atoms with Crippen molar-refractivity contribution in [2.24, 2.45) is 0 Å². The second kappa shape index (κ2) is 6.94. The van der Waals surface area contributed by atoms with E-state index in [9.17, 15) is 4.79 Å². The van der Waals surface area contributed by atoms with E-state index in [1.54, 1.807) is 24.8 Å². The standard InChI is InChI=1S/C21H18N6O/c28-21-16-5-10-27(12-14-1-2-17-18(11-14)24-9-8-23-17)13-19(16)25-20(26-21)15-3-6-22-7-4-15/h1-4,6-9,11H,5,10,12-13H2,(H,25,26,28). The normalized spacial score (nSPS) is 14.1. The molecule has 4 heterocycles. The smallest absolute Gasteiger partial charge is 0.254 e. The summed E-state index contributed by atoms with van der Waals surface area (Å²) < 4.78 is 0. The predicted octanol–water partition coefficient (Wildman–Crippen LogP) is 2.33. The Labute approximate surface area is 161 Å². The summed E-state index contributed by atoms with van der Waals surface area (Å²) in [5.74, 6) is 0.592. The topological polar surface area (TPSA) is 87.7 Å². The lowest BCUT2D eigenvalue weighted by atomic mass is 10.0. The van der Waals surface area contributed by atoms with Crippen LogP contribution in [0.2, 0.25) is 0 Å². The van der Waals surface area contributed by atoms with Gasteiger partial charge in [0.2, 0.25) is 0 Å². The molecule has 0 saturated heterocycles. The first kappa shape index (κ1) is 16.7. The van der Waals surface area contributed by atoms with E-state index in [0.717, 1.165) is 40.9 Å². The number of hydrogen-bond donors (Lipinski definition) is 1. The van der Waals surface area contributed by atoms with Gasteiger partial charge in [-0.25, -0.2) is 4.98 Å². The highest BCUT2D eigenvalue weighted by atomic mass is 16.1. The minimum absolute atomic E-state index is 0.0440. The van der Waals surface area contributed by atoms with Gasteiger partial charge in [0.15, 0.2) is 0 Å². The second-order valence-electron chi connectivity index (χ2n) is 6.92. The van der Waals surface area contributed by atoms with Crippen LogP contribution < -0.4 is 5.56 Å². The number of fused-ring (bicyclic) bond motifs is 2. The van der Waals surface area contributed by atoms with Gasteiger partial charge in [-0.05, 0) is 36.2 Å². The zero-order chi connectivity index (χ0) is 18.9. The van der Waals surface area contributed by atoms with Crippen LogP contribution in [-0.4, -0.2) is 36.4 Å². The average molecular weight is 370 g/mol. The van der Waals surface area contributed by atoms with Crippen molar-refractivity contribution in [2.75, 3.05) is 6.54 Å². The summed E-state index contributed by atoms with van der Waals surface area (Å²) >= 11 is 0. The zero-order valence-corrected chi connectivity index (χ0v) is 15.2. The van der Waals surface area contributed by atoms with E-state index < -0.39 is 0 Å². The number of benzene rings is 1. The lowest BCUT2D eigenvalue weighted by Crippen LogP contribution is -2.35. The van der Waals surface area contributed by atoms with E-state index in [0.29, 0.717) is 18.8 Å². The number of pyridine rings is 1. The van der Waals surface area contributed by atoms with Crippen molar-refractivity contribution < 1.29 is 0 Å². The Morgan fingerprint density at radius 3 is 2.68 bits per heavy atom. The molecular formula is C21H18N6O. The van der Waals surface area contributed by atoms with E-state index >= 15 is 0 Å².